The number of hydrogen-bond acceptors (Lipinski definition) is 3. The van der Waals surface area contributed by atoms with Gasteiger partial charge in [-0.2, -0.15) is 0 Å². The zero-order chi connectivity index (χ0) is 13.9. The number of rotatable bonds is 3. The molecule has 0 amide bonds. The number of likely N-dealkylation sites (N-methyl/N-ethyl adjacent to an activating group) is 2. The van der Waals surface area contributed by atoms with Gasteiger partial charge < -0.3 is 15.1 Å². The molecule has 0 radical (unpaired) electrons. The fraction of sp³-hybridized carbons (Fsp3) is 0.647. The summed E-state index contributed by atoms with van der Waals surface area (Å²) in [5.41, 5.74) is 3.01. The van der Waals surface area contributed by atoms with Crippen LogP contribution in [0, 0.1) is 0 Å². The van der Waals surface area contributed by atoms with Crippen molar-refractivity contribution in [2.24, 2.45) is 0 Å². The summed E-state index contributed by atoms with van der Waals surface area (Å²) in [4.78, 5) is 5.04. The van der Waals surface area contributed by atoms with Crippen molar-refractivity contribution in [3.8, 4) is 0 Å². The van der Waals surface area contributed by atoms with E-state index in [1.165, 1.54) is 43.5 Å². The molecule has 2 aliphatic rings. The lowest BCUT2D eigenvalue weighted by atomic mass is 9.95. The first-order valence-corrected chi connectivity index (χ1v) is 7.91. The quantitative estimate of drug-likeness (QED) is 0.905. The van der Waals surface area contributed by atoms with Gasteiger partial charge in [0.05, 0.1) is 0 Å². The second-order valence-corrected chi connectivity index (χ2v) is 6.55. The van der Waals surface area contributed by atoms with E-state index in [-0.39, 0.29) is 0 Å². The minimum atomic E-state index is 0.599. The van der Waals surface area contributed by atoms with Crippen molar-refractivity contribution in [2.45, 2.75) is 37.9 Å². The summed E-state index contributed by atoms with van der Waals surface area (Å²) < 4.78 is 0. The predicted octanol–water partition coefficient (Wildman–Crippen LogP) is 1.73. The summed E-state index contributed by atoms with van der Waals surface area (Å²) in [6.45, 7) is 4.67. The maximum Gasteiger partial charge on any atom is 0.0238 e. The molecule has 0 aliphatic carbocycles. The van der Waals surface area contributed by atoms with E-state index in [0.717, 1.165) is 19.1 Å². The SMILES string of the molecule is CN1CCCC(N(C)CC2Cc3ccccc3CN2)C1. The Morgan fingerprint density at radius 2 is 2.10 bits per heavy atom. The first-order chi connectivity index (χ1) is 9.72. The van der Waals surface area contributed by atoms with Crippen molar-refractivity contribution < 1.29 is 0 Å². The van der Waals surface area contributed by atoms with Crippen LogP contribution in [0.25, 0.3) is 0 Å². The molecule has 0 spiro atoms. The topological polar surface area (TPSA) is 18.5 Å². The van der Waals surface area contributed by atoms with Crippen molar-refractivity contribution in [3.63, 3.8) is 0 Å². The summed E-state index contributed by atoms with van der Waals surface area (Å²) in [5.74, 6) is 0. The van der Waals surface area contributed by atoms with Crippen LogP contribution >= 0.6 is 0 Å². The molecule has 1 aromatic rings. The average molecular weight is 273 g/mol. The summed E-state index contributed by atoms with van der Waals surface area (Å²) in [6.07, 6.45) is 3.86. The molecule has 2 atom stereocenters. The van der Waals surface area contributed by atoms with E-state index < -0.39 is 0 Å². The van der Waals surface area contributed by atoms with Gasteiger partial charge in [-0.25, -0.2) is 0 Å². The van der Waals surface area contributed by atoms with Gasteiger partial charge in [-0.15, -0.1) is 0 Å². The number of hydrogen-bond donors (Lipinski definition) is 1. The van der Waals surface area contributed by atoms with Gasteiger partial charge in [-0.3, -0.25) is 0 Å². The third-order valence-electron chi connectivity index (χ3n) is 4.90. The fourth-order valence-electron chi connectivity index (χ4n) is 3.65. The maximum absolute atomic E-state index is 3.70. The molecule has 1 saturated heterocycles. The lowest BCUT2D eigenvalue weighted by Gasteiger charge is -2.38. The Bertz CT molecular complexity index is 446. The van der Waals surface area contributed by atoms with Gasteiger partial charge in [0, 0.05) is 31.7 Å². The minimum absolute atomic E-state index is 0.599. The zero-order valence-electron chi connectivity index (χ0n) is 12.8. The zero-order valence-corrected chi connectivity index (χ0v) is 12.8. The van der Waals surface area contributed by atoms with Crippen LogP contribution in [-0.2, 0) is 13.0 Å². The number of benzene rings is 1. The molecule has 20 heavy (non-hydrogen) atoms. The molecular weight excluding hydrogens is 246 g/mol. The molecule has 3 nitrogen and oxygen atoms in total. The standard InChI is InChI=1S/C17H27N3/c1-19-9-5-8-17(13-19)20(2)12-16-10-14-6-3-4-7-15(14)11-18-16/h3-4,6-7,16-18H,5,8-13H2,1-2H3. The van der Waals surface area contributed by atoms with E-state index in [1.54, 1.807) is 0 Å². The number of fused-ring (bicyclic) bond motifs is 1. The molecule has 1 fully saturated rings. The second-order valence-electron chi connectivity index (χ2n) is 6.55. The molecule has 2 unspecified atom stereocenters. The molecule has 3 rings (SSSR count). The minimum Gasteiger partial charge on any atom is -0.308 e. The molecule has 0 saturated carbocycles. The van der Waals surface area contributed by atoms with Gasteiger partial charge in [-0.1, -0.05) is 24.3 Å². The third kappa shape index (κ3) is 3.22. The van der Waals surface area contributed by atoms with Crippen LogP contribution in [0.3, 0.4) is 0 Å². The van der Waals surface area contributed by atoms with E-state index in [9.17, 15) is 0 Å². The molecule has 1 aromatic carbocycles. The first kappa shape index (κ1) is 14.1. The number of likely N-dealkylation sites (tertiary alicyclic amines) is 1. The Morgan fingerprint density at radius 3 is 2.90 bits per heavy atom. The number of piperidine rings is 1. The molecule has 1 N–H and O–H groups in total. The van der Waals surface area contributed by atoms with Crippen molar-refractivity contribution >= 4 is 0 Å². The van der Waals surface area contributed by atoms with E-state index >= 15 is 0 Å². The Kier molecular flexibility index (Phi) is 4.39. The van der Waals surface area contributed by atoms with Crippen molar-refractivity contribution in [1.29, 1.82) is 0 Å². The Hall–Kier alpha value is -0.900. The lowest BCUT2D eigenvalue weighted by molar-refractivity contribution is 0.124. The molecule has 0 aromatic heterocycles. The predicted molar refractivity (Wildman–Crippen MR) is 83.9 cm³/mol. The molecule has 3 heteroatoms. The highest BCUT2D eigenvalue weighted by Crippen LogP contribution is 2.19. The van der Waals surface area contributed by atoms with Gasteiger partial charge in [0.15, 0.2) is 0 Å². The summed E-state index contributed by atoms with van der Waals surface area (Å²) in [5, 5.41) is 3.70. The van der Waals surface area contributed by atoms with Crippen LogP contribution in [0.2, 0.25) is 0 Å². The summed E-state index contributed by atoms with van der Waals surface area (Å²) in [6, 6.07) is 10.2. The van der Waals surface area contributed by atoms with Crippen LogP contribution in [0.1, 0.15) is 24.0 Å². The van der Waals surface area contributed by atoms with Crippen molar-refractivity contribution in [2.75, 3.05) is 33.7 Å². The number of nitrogens with one attached hydrogen (secondary N) is 1. The monoisotopic (exact) mass is 273 g/mol. The van der Waals surface area contributed by atoms with Gasteiger partial charge in [0.2, 0.25) is 0 Å². The Balaban J connectivity index is 1.56. The fourth-order valence-corrected chi connectivity index (χ4v) is 3.65. The largest absolute Gasteiger partial charge is 0.308 e. The van der Waals surface area contributed by atoms with Crippen LogP contribution in [0.4, 0.5) is 0 Å². The van der Waals surface area contributed by atoms with Crippen LogP contribution in [-0.4, -0.2) is 55.6 Å². The number of nitrogens with zero attached hydrogens (tertiary/aromatic N) is 2. The Morgan fingerprint density at radius 1 is 1.30 bits per heavy atom. The van der Waals surface area contributed by atoms with Gasteiger partial charge in [0.25, 0.3) is 0 Å². The highest BCUT2D eigenvalue weighted by atomic mass is 15.2. The van der Waals surface area contributed by atoms with E-state index in [1.807, 2.05) is 0 Å². The van der Waals surface area contributed by atoms with Crippen molar-refractivity contribution in [1.82, 2.24) is 15.1 Å². The third-order valence-corrected chi connectivity index (χ3v) is 4.90. The van der Waals surface area contributed by atoms with Crippen molar-refractivity contribution in [3.05, 3.63) is 35.4 Å². The van der Waals surface area contributed by atoms with Crippen LogP contribution in [0.15, 0.2) is 24.3 Å². The van der Waals surface area contributed by atoms with Crippen LogP contribution in [0.5, 0.6) is 0 Å². The lowest BCUT2D eigenvalue weighted by Crippen LogP contribution is -2.50. The molecular formula is C17H27N3. The molecule has 2 heterocycles. The smallest absolute Gasteiger partial charge is 0.0238 e. The van der Waals surface area contributed by atoms with E-state index in [0.29, 0.717) is 6.04 Å². The van der Waals surface area contributed by atoms with E-state index in [4.69, 9.17) is 0 Å². The summed E-state index contributed by atoms with van der Waals surface area (Å²) >= 11 is 0. The van der Waals surface area contributed by atoms with Crippen LogP contribution < -0.4 is 5.32 Å². The normalized spacial score (nSPS) is 27.6. The molecule has 110 valence electrons. The second kappa shape index (κ2) is 6.25. The van der Waals surface area contributed by atoms with E-state index in [2.05, 4.69) is 53.5 Å². The van der Waals surface area contributed by atoms with Gasteiger partial charge in [0.1, 0.15) is 0 Å². The maximum atomic E-state index is 3.70. The van der Waals surface area contributed by atoms with Gasteiger partial charge >= 0.3 is 0 Å². The van der Waals surface area contributed by atoms with Gasteiger partial charge in [-0.05, 0) is 51.0 Å². The highest BCUT2D eigenvalue weighted by molar-refractivity contribution is 5.29. The Labute approximate surface area is 123 Å². The molecule has 0 bridgehead atoms. The first-order valence-electron chi connectivity index (χ1n) is 7.91. The summed E-state index contributed by atoms with van der Waals surface area (Å²) in [7, 11) is 4.54. The average Bonchev–Trinajstić information content (AvgIpc) is 2.47. The highest BCUT2D eigenvalue weighted by Gasteiger charge is 2.24. The molecule has 2 aliphatic heterocycles.